The third-order valence-corrected chi connectivity index (χ3v) is 8.50. The summed E-state index contributed by atoms with van der Waals surface area (Å²) in [5, 5.41) is 12.2. The van der Waals surface area contributed by atoms with Gasteiger partial charge in [-0.05, 0) is 54.8 Å². The summed E-state index contributed by atoms with van der Waals surface area (Å²) in [6.07, 6.45) is 7.48. The third kappa shape index (κ3) is 5.17. The summed E-state index contributed by atoms with van der Waals surface area (Å²) >= 11 is 0. The lowest BCUT2D eigenvalue weighted by atomic mass is 9.93. The molecule has 2 aliphatic heterocycles. The van der Waals surface area contributed by atoms with E-state index in [0.717, 1.165) is 29.5 Å². The van der Waals surface area contributed by atoms with Crippen molar-refractivity contribution >= 4 is 28.3 Å². The number of aryl methyl sites for hydroxylation is 2. The molecule has 7 rings (SSSR count). The number of rotatable bonds is 7. The molecule has 3 aromatic heterocycles. The highest BCUT2D eigenvalue weighted by atomic mass is 19.1. The molecular weight excluding hydrogens is 585 g/mol. The fraction of sp³-hybridized carbons (Fsp3) is 0.281. The van der Waals surface area contributed by atoms with Gasteiger partial charge >= 0.3 is 0 Å². The van der Waals surface area contributed by atoms with Crippen molar-refractivity contribution in [3.8, 4) is 11.1 Å². The molecule has 2 aliphatic rings. The van der Waals surface area contributed by atoms with Crippen LogP contribution in [-0.2, 0) is 31.0 Å². The minimum atomic E-state index is -0.689. The Morgan fingerprint density at radius 3 is 2.67 bits per heavy atom. The Morgan fingerprint density at radius 1 is 1.00 bits per heavy atom. The normalized spacial score (nSPS) is 14.7. The van der Waals surface area contributed by atoms with Gasteiger partial charge in [0.05, 0.1) is 36.7 Å². The van der Waals surface area contributed by atoms with E-state index < -0.39 is 17.5 Å². The highest BCUT2D eigenvalue weighted by Gasteiger charge is 2.30. The van der Waals surface area contributed by atoms with Gasteiger partial charge in [0.2, 0.25) is 5.91 Å². The van der Waals surface area contributed by atoms with E-state index in [4.69, 9.17) is 0 Å². The Labute approximate surface area is 255 Å². The zero-order chi connectivity index (χ0) is 31.2. The van der Waals surface area contributed by atoms with Crippen molar-refractivity contribution in [2.45, 2.75) is 45.9 Å². The average Bonchev–Trinajstić information content (AvgIpc) is 3.86. The van der Waals surface area contributed by atoms with E-state index >= 15 is 8.78 Å². The highest BCUT2D eigenvalue weighted by molar-refractivity contribution is 6.04. The predicted molar refractivity (Wildman–Crippen MR) is 159 cm³/mol. The molecule has 2 aromatic carbocycles. The molecule has 5 aromatic rings. The minimum absolute atomic E-state index is 0.00138. The second-order valence-corrected chi connectivity index (χ2v) is 11.2. The van der Waals surface area contributed by atoms with E-state index in [1.54, 1.807) is 26.9 Å². The number of carbonyl (C=O) groups is 2. The van der Waals surface area contributed by atoms with Crippen molar-refractivity contribution in [2.75, 3.05) is 13.1 Å². The molecule has 0 saturated carbocycles. The van der Waals surface area contributed by atoms with Crippen molar-refractivity contribution in [3.05, 3.63) is 95.0 Å². The molecule has 230 valence electrons. The summed E-state index contributed by atoms with van der Waals surface area (Å²) in [4.78, 5) is 32.9. The second kappa shape index (κ2) is 11.4. The molecule has 0 atom stereocenters. The summed E-state index contributed by atoms with van der Waals surface area (Å²) in [6, 6.07) is 6.07. The lowest BCUT2D eigenvalue weighted by Gasteiger charge is -2.28. The van der Waals surface area contributed by atoms with Crippen LogP contribution in [0.2, 0.25) is 0 Å². The third-order valence-electron chi connectivity index (χ3n) is 8.50. The number of fused-ring (bicyclic) bond motifs is 2. The van der Waals surface area contributed by atoms with Crippen LogP contribution < -0.4 is 0 Å². The number of nitrogens with zero attached hydrogens (tertiary/aromatic N) is 7. The van der Waals surface area contributed by atoms with Crippen molar-refractivity contribution in [1.82, 2.24) is 39.6 Å². The van der Waals surface area contributed by atoms with Crippen LogP contribution in [0.25, 0.3) is 27.6 Å². The minimum Gasteiger partial charge on any atom is -0.348 e. The Bertz CT molecular complexity index is 1980. The van der Waals surface area contributed by atoms with Crippen molar-refractivity contribution in [3.63, 3.8) is 0 Å². The molecule has 13 heteroatoms. The van der Waals surface area contributed by atoms with E-state index in [-0.39, 0.29) is 58.1 Å². The number of aromatic nitrogens is 6. The topological polar surface area (TPSA) is 105 Å². The molecule has 0 spiro atoms. The van der Waals surface area contributed by atoms with Gasteiger partial charge in [0.15, 0.2) is 5.82 Å². The van der Waals surface area contributed by atoms with E-state index in [1.165, 1.54) is 18.3 Å². The number of nitrogens with one attached hydrogen (secondary N) is 1. The SMILES string of the molecule is CCn1ncc2c1CN(C(=O)c1cc3c(-c4cc(F)ccc4F)cc(C4=CCCN(C(=O)CCn5ccnn5)C4)c(F)c3[nH]1)C2. The van der Waals surface area contributed by atoms with Gasteiger partial charge in [0.25, 0.3) is 5.91 Å². The fourth-order valence-electron chi connectivity index (χ4n) is 6.20. The Kier molecular flexibility index (Phi) is 7.22. The zero-order valence-electron chi connectivity index (χ0n) is 24.4. The van der Waals surface area contributed by atoms with Crippen LogP contribution in [0.4, 0.5) is 13.2 Å². The average molecular weight is 615 g/mol. The molecule has 0 radical (unpaired) electrons. The quantitative estimate of drug-likeness (QED) is 0.280. The first-order valence-electron chi connectivity index (χ1n) is 14.8. The van der Waals surface area contributed by atoms with E-state index in [2.05, 4.69) is 20.4 Å². The molecule has 0 aliphatic carbocycles. The molecular formula is C32H29F3N8O2. The van der Waals surface area contributed by atoms with E-state index in [1.807, 2.05) is 17.7 Å². The fourth-order valence-corrected chi connectivity index (χ4v) is 6.20. The van der Waals surface area contributed by atoms with Gasteiger partial charge in [-0.15, -0.1) is 5.10 Å². The summed E-state index contributed by atoms with van der Waals surface area (Å²) in [5.41, 5.74) is 2.87. The van der Waals surface area contributed by atoms with Gasteiger partial charge < -0.3 is 14.8 Å². The second-order valence-electron chi connectivity index (χ2n) is 11.2. The van der Waals surface area contributed by atoms with Gasteiger partial charge in [-0.2, -0.15) is 5.10 Å². The molecule has 0 fully saturated rings. The van der Waals surface area contributed by atoms with Crippen LogP contribution in [-0.4, -0.2) is 64.5 Å². The number of amides is 2. The van der Waals surface area contributed by atoms with Crippen LogP contribution >= 0.6 is 0 Å². The predicted octanol–water partition coefficient (Wildman–Crippen LogP) is 4.92. The first kappa shape index (κ1) is 28.6. The molecule has 2 amide bonds. The number of halogens is 3. The Morgan fingerprint density at radius 2 is 1.87 bits per heavy atom. The van der Waals surface area contributed by atoms with Crippen LogP contribution in [0.1, 0.15) is 47.1 Å². The number of benzene rings is 2. The maximum absolute atomic E-state index is 16.4. The molecule has 45 heavy (non-hydrogen) atoms. The highest BCUT2D eigenvalue weighted by Crippen LogP contribution is 2.38. The zero-order valence-corrected chi connectivity index (χ0v) is 24.4. The maximum Gasteiger partial charge on any atom is 0.270 e. The molecule has 0 bridgehead atoms. The van der Waals surface area contributed by atoms with Gasteiger partial charge in [0.1, 0.15) is 17.3 Å². The van der Waals surface area contributed by atoms with E-state index in [9.17, 15) is 14.0 Å². The maximum atomic E-state index is 16.4. The summed E-state index contributed by atoms with van der Waals surface area (Å²) in [6.45, 7) is 4.30. The summed E-state index contributed by atoms with van der Waals surface area (Å²) < 4.78 is 49.4. The standard InChI is InChI=1S/C32H29F3N8O2/c1-2-43-28-18-41(17-20(28)15-37-43)32(45)27-14-25-23(24-12-21(33)5-6-26(24)34)13-22(30(35)31(25)38-27)19-4-3-9-40(16-19)29(44)7-10-42-11-8-36-39-42/h4-6,8,11-15,38H,2-3,7,9-10,16-18H2,1H3. The molecule has 5 heterocycles. The molecule has 0 saturated heterocycles. The van der Waals surface area contributed by atoms with E-state index in [0.29, 0.717) is 44.7 Å². The molecule has 0 unspecified atom stereocenters. The number of hydrogen-bond acceptors (Lipinski definition) is 5. The first-order valence-corrected chi connectivity index (χ1v) is 14.8. The Balaban J connectivity index is 1.25. The van der Waals surface area contributed by atoms with Crippen molar-refractivity contribution < 1.29 is 22.8 Å². The van der Waals surface area contributed by atoms with Crippen LogP contribution in [0.5, 0.6) is 0 Å². The Hall–Kier alpha value is -5.20. The lowest BCUT2D eigenvalue weighted by Crippen LogP contribution is -2.36. The largest absolute Gasteiger partial charge is 0.348 e. The van der Waals surface area contributed by atoms with Crippen molar-refractivity contribution in [2.24, 2.45) is 0 Å². The number of carbonyl (C=O) groups excluding carboxylic acids is 2. The monoisotopic (exact) mass is 614 g/mol. The van der Waals surface area contributed by atoms with Crippen LogP contribution in [0.3, 0.4) is 0 Å². The molecule has 10 nitrogen and oxygen atoms in total. The van der Waals surface area contributed by atoms with Gasteiger partial charge in [0, 0.05) is 60.9 Å². The van der Waals surface area contributed by atoms with Gasteiger partial charge in [-0.25, -0.2) is 13.2 Å². The molecule has 1 N–H and O–H groups in total. The smallest absolute Gasteiger partial charge is 0.270 e. The van der Waals surface area contributed by atoms with Crippen LogP contribution in [0, 0.1) is 17.5 Å². The summed E-state index contributed by atoms with van der Waals surface area (Å²) in [7, 11) is 0. The van der Waals surface area contributed by atoms with Gasteiger partial charge in [-0.3, -0.25) is 19.0 Å². The van der Waals surface area contributed by atoms with Crippen LogP contribution in [0.15, 0.2) is 55.0 Å². The van der Waals surface area contributed by atoms with Gasteiger partial charge in [-0.1, -0.05) is 11.3 Å². The summed E-state index contributed by atoms with van der Waals surface area (Å²) in [5.74, 6) is -2.46. The number of aromatic amines is 1. The van der Waals surface area contributed by atoms with Crippen molar-refractivity contribution in [1.29, 1.82) is 0 Å². The first-order chi connectivity index (χ1) is 21.8. The number of hydrogen-bond donors (Lipinski definition) is 1. The number of H-pyrrole nitrogens is 1. The lowest BCUT2D eigenvalue weighted by molar-refractivity contribution is -0.131.